The van der Waals surface area contributed by atoms with E-state index in [2.05, 4.69) is 7.69 Å². The van der Waals surface area contributed by atoms with Gasteiger partial charge in [0, 0.05) is 0 Å². The van der Waals surface area contributed by atoms with Crippen LogP contribution < -0.4 is 11.2 Å². The van der Waals surface area contributed by atoms with Crippen molar-refractivity contribution in [2.24, 2.45) is 0 Å². The molecule has 1 unspecified atom stereocenters. The predicted molar refractivity (Wildman–Crippen MR) is 85.7 cm³/mol. The molecule has 12 heteroatoms. The number of nitrogens with one attached hydrogen (secondary N) is 1. The third kappa shape index (κ3) is 5.22. The monoisotopic (exact) mass is 556 g/mol. The molecule has 1 aromatic heterocycles. The molecule has 3 atom stereocenters. The summed E-state index contributed by atoms with van der Waals surface area (Å²) in [6.07, 6.45) is 0.491. The first-order chi connectivity index (χ1) is 10.7. The summed E-state index contributed by atoms with van der Waals surface area (Å²) in [5.41, 5.74) is -0.987. The number of halogens is 1. The Kier molecular flexibility index (Phi) is 6.62. The Hall–Kier alpha value is -0.0379. The molecule has 2 heterocycles. The van der Waals surface area contributed by atoms with E-state index in [9.17, 15) is 14.2 Å². The van der Waals surface area contributed by atoms with Gasteiger partial charge >= 0.3 is 154 Å². The van der Waals surface area contributed by atoms with Gasteiger partial charge in [0.1, 0.15) is 0 Å². The summed E-state index contributed by atoms with van der Waals surface area (Å²) in [6, 6.07) is 1.27. The quantitative estimate of drug-likeness (QED) is 0.395. The van der Waals surface area contributed by atoms with Crippen LogP contribution in [0.4, 0.5) is 0 Å². The zero-order valence-corrected chi connectivity index (χ0v) is 18.9. The van der Waals surface area contributed by atoms with Crippen molar-refractivity contribution in [3.8, 4) is 0 Å². The molecule has 23 heavy (non-hydrogen) atoms. The van der Waals surface area contributed by atoms with Crippen LogP contribution in [0.3, 0.4) is 0 Å². The topological polar surface area (TPSA) is 96.9 Å². The summed E-state index contributed by atoms with van der Waals surface area (Å²) in [5, 5.41) is 0. The molecule has 126 valence electrons. The Morgan fingerprint density at radius 2 is 2.22 bits per heavy atom. The van der Waals surface area contributed by atoms with Gasteiger partial charge in [-0.25, -0.2) is 0 Å². The SMILES string of the molecule is CN(C)P(=O)(Cl)OC[C@@H]1C[N]([Tl])C[C@H](n2ccc(=O)[nH]c2=O)O1. The zero-order chi connectivity index (χ0) is 17.2. The number of hydrogen-bond donors (Lipinski definition) is 1. The van der Waals surface area contributed by atoms with Crippen LogP contribution in [0, 0.1) is 0 Å². The second-order valence-electron chi connectivity index (χ2n) is 5.28. The minimum absolute atomic E-state index is 0.0524. The Balaban J connectivity index is 2.09. The van der Waals surface area contributed by atoms with E-state index in [-0.39, 0.29) is 12.7 Å². The normalized spacial score (nSPS) is 25.3. The fraction of sp³-hybridized carbons (Fsp3) is 0.636. The second-order valence-corrected chi connectivity index (χ2v) is 11.4. The molecule has 1 saturated heterocycles. The van der Waals surface area contributed by atoms with E-state index >= 15 is 0 Å². The molecule has 0 aromatic carbocycles. The van der Waals surface area contributed by atoms with E-state index in [4.69, 9.17) is 20.5 Å². The Morgan fingerprint density at radius 1 is 1.52 bits per heavy atom. The van der Waals surface area contributed by atoms with Gasteiger partial charge in [-0.1, -0.05) is 0 Å². The molecule has 0 radical (unpaired) electrons. The van der Waals surface area contributed by atoms with Gasteiger partial charge in [-0.05, 0) is 0 Å². The average molecular weight is 556 g/mol. The van der Waals surface area contributed by atoms with E-state index in [0.29, 0.717) is 39.2 Å². The third-order valence-corrected chi connectivity index (χ3v) is 7.50. The number of ether oxygens (including phenoxy) is 1. The molecule has 0 amide bonds. The van der Waals surface area contributed by atoms with Crippen LogP contribution in [0.2, 0.25) is 0 Å². The fourth-order valence-corrected chi connectivity index (χ4v) is 4.40. The van der Waals surface area contributed by atoms with Crippen LogP contribution in [0.1, 0.15) is 6.23 Å². The van der Waals surface area contributed by atoms with Gasteiger partial charge in [-0.15, -0.1) is 0 Å². The van der Waals surface area contributed by atoms with Gasteiger partial charge in [-0.3, -0.25) is 0 Å². The van der Waals surface area contributed by atoms with Crippen molar-refractivity contribution in [1.29, 1.82) is 0 Å². The molecular formula is C11H17ClN4O5PTl. The van der Waals surface area contributed by atoms with Crippen molar-refractivity contribution in [2.45, 2.75) is 12.3 Å². The van der Waals surface area contributed by atoms with E-state index in [0.717, 1.165) is 0 Å². The fourth-order valence-electron chi connectivity index (χ4n) is 2.04. The molecule has 1 fully saturated rings. The van der Waals surface area contributed by atoms with Crippen molar-refractivity contribution in [2.75, 3.05) is 33.8 Å². The summed E-state index contributed by atoms with van der Waals surface area (Å²) >= 11 is 6.37. The van der Waals surface area contributed by atoms with Crippen molar-refractivity contribution >= 4 is 44.2 Å². The Labute approximate surface area is 153 Å². The van der Waals surface area contributed by atoms with E-state index in [1.54, 1.807) is 14.1 Å². The first-order valence-electron chi connectivity index (χ1n) is 6.77. The molecule has 0 bridgehead atoms. The van der Waals surface area contributed by atoms with Crippen LogP contribution in [-0.2, 0) is 13.8 Å². The van der Waals surface area contributed by atoms with Gasteiger partial charge < -0.3 is 0 Å². The van der Waals surface area contributed by atoms with Crippen LogP contribution >= 0.6 is 18.1 Å². The summed E-state index contributed by atoms with van der Waals surface area (Å²) in [4.78, 5) is 25.2. The van der Waals surface area contributed by atoms with E-state index in [1.165, 1.54) is 21.5 Å². The number of H-pyrrole nitrogens is 1. The maximum absolute atomic E-state index is 12.0. The standard InChI is InChI=1S/C11H17ClN4O5P.Tl/c1-15(2)22(12,19)20-7-8-5-13-6-10(21-8)16-4-3-9(17)14-11(16)18;/h3-4,8,10H,5-7H2,1-2H3,(H,14,17,18);/q-1;+1/t8-,10+,22?;/m0./s1. The van der Waals surface area contributed by atoms with Crippen LogP contribution in [0.25, 0.3) is 0 Å². The third-order valence-electron chi connectivity index (χ3n) is 3.24. The first-order valence-corrected chi connectivity index (χ1v) is 11.3. The van der Waals surface area contributed by atoms with Gasteiger partial charge in [0.15, 0.2) is 0 Å². The van der Waals surface area contributed by atoms with Crippen LogP contribution in [-0.4, -0.2) is 82.9 Å². The van der Waals surface area contributed by atoms with E-state index < -0.39 is 24.3 Å². The Bertz CT molecular complexity index is 710. The molecular weight excluding hydrogens is 539 g/mol. The predicted octanol–water partition coefficient (Wildman–Crippen LogP) is -0.255. The number of nitrogens with zero attached hydrogens (tertiary/aromatic N) is 3. The number of aromatic nitrogens is 2. The van der Waals surface area contributed by atoms with Crippen molar-refractivity contribution in [1.82, 2.24) is 16.9 Å². The van der Waals surface area contributed by atoms with Crippen LogP contribution in [0.15, 0.2) is 21.9 Å². The van der Waals surface area contributed by atoms with Crippen LogP contribution in [0.5, 0.6) is 0 Å². The summed E-state index contributed by atoms with van der Waals surface area (Å²) in [5.74, 6) is 0. The van der Waals surface area contributed by atoms with Gasteiger partial charge in [-0.2, -0.15) is 0 Å². The molecule has 0 aliphatic carbocycles. The molecule has 1 aliphatic heterocycles. The molecule has 1 N–H and O–H groups in total. The van der Waals surface area contributed by atoms with Crippen molar-refractivity contribution < 1.29 is 13.8 Å². The van der Waals surface area contributed by atoms with Gasteiger partial charge in [0.25, 0.3) is 0 Å². The van der Waals surface area contributed by atoms with Crippen molar-refractivity contribution in [3.63, 3.8) is 0 Å². The summed E-state index contributed by atoms with van der Waals surface area (Å²) in [7, 11) is 3.14. The number of rotatable bonds is 5. The molecule has 0 spiro atoms. The average Bonchev–Trinajstić information content (AvgIpc) is 2.44. The van der Waals surface area contributed by atoms with Gasteiger partial charge in [0.05, 0.1) is 0 Å². The number of morpholine rings is 1. The van der Waals surface area contributed by atoms with Crippen molar-refractivity contribution in [3.05, 3.63) is 33.1 Å². The Morgan fingerprint density at radius 3 is 2.83 bits per heavy atom. The minimum atomic E-state index is -3.35. The molecule has 9 nitrogen and oxygen atoms in total. The van der Waals surface area contributed by atoms with Gasteiger partial charge in [0.2, 0.25) is 0 Å². The number of aromatic amines is 1. The maximum atomic E-state index is 12.0. The summed E-state index contributed by atoms with van der Waals surface area (Å²) < 4.78 is 27.9. The summed E-state index contributed by atoms with van der Waals surface area (Å²) in [6.45, 7) is -2.15. The second kappa shape index (κ2) is 7.89. The molecule has 1 aromatic rings. The zero-order valence-electron chi connectivity index (χ0n) is 12.7. The number of hydrogen-bond acceptors (Lipinski definition) is 6. The van der Waals surface area contributed by atoms with E-state index in [1.807, 2.05) is 0 Å². The first kappa shape index (κ1) is 19.3. The molecule has 0 saturated carbocycles. The molecule has 1 aliphatic rings. The molecule has 2 rings (SSSR count).